The molecule has 0 aliphatic heterocycles. The van der Waals surface area contributed by atoms with Gasteiger partial charge in [0.15, 0.2) is 0 Å². The van der Waals surface area contributed by atoms with Crippen LogP contribution in [0.2, 0.25) is 0 Å². The number of rotatable bonds is 5. The Bertz CT molecular complexity index is 868. The highest BCUT2D eigenvalue weighted by Gasteiger charge is 2.23. The van der Waals surface area contributed by atoms with Crippen molar-refractivity contribution in [3.8, 4) is 10.4 Å². The second-order valence-electron chi connectivity index (χ2n) is 7.23. The molecule has 1 aliphatic rings. The molecular weight excluding hydrogens is 352 g/mol. The lowest BCUT2D eigenvalue weighted by molar-refractivity contribution is 0.0939. The summed E-state index contributed by atoms with van der Waals surface area (Å²) in [4.78, 5) is 17.9. The molecule has 1 aromatic heterocycles. The minimum absolute atomic E-state index is 0.0553. The van der Waals surface area contributed by atoms with Crippen LogP contribution < -0.4 is 5.32 Å². The average Bonchev–Trinajstić information content (AvgIpc) is 3.24. The maximum Gasteiger partial charge on any atom is 0.271 e. The van der Waals surface area contributed by atoms with Crippen molar-refractivity contribution < 1.29 is 4.79 Å². The van der Waals surface area contributed by atoms with Gasteiger partial charge >= 0.3 is 0 Å². The predicted molar refractivity (Wildman–Crippen MR) is 111 cm³/mol. The lowest BCUT2D eigenvalue weighted by Crippen LogP contribution is -2.31. The molecule has 0 saturated heterocycles. The summed E-state index contributed by atoms with van der Waals surface area (Å²) in [6, 6.07) is 20.8. The molecule has 0 spiro atoms. The van der Waals surface area contributed by atoms with Crippen molar-refractivity contribution >= 4 is 17.2 Å². The van der Waals surface area contributed by atoms with Crippen LogP contribution in [0.5, 0.6) is 0 Å². The second-order valence-corrected chi connectivity index (χ2v) is 8.09. The summed E-state index contributed by atoms with van der Waals surface area (Å²) in [7, 11) is 0. The van der Waals surface area contributed by atoms with Crippen LogP contribution in [0.15, 0.2) is 66.2 Å². The molecule has 0 atom stereocenters. The number of thiazole rings is 1. The van der Waals surface area contributed by atoms with Crippen LogP contribution in [0.4, 0.5) is 0 Å². The van der Waals surface area contributed by atoms with Crippen molar-refractivity contribution in [2.24, 2.45) is 5.92 Å². The number of nitrogens with zero attached hydrogens (tertiary/aromatic N) is 1. The van der Waals surface area contributed by atoms with Gasteiger partial charge < -0.3 is 5.32 Å². The standard InChI is InChI=1S/C23H24N2OS/c26-23(21-22(27-16-25-21)20-9-5-2-6-10-20)24-15-17-11-13-19(14-12-17)18-7-3-1-4-8-18/h1-10,16-17,19H,11-15H2,(H,24,26). The molecular formula is C23H24N2OS. The van der Waals surface area contributed by atoms with Gasteiger partial charge in [0.05, 0.1) is 10.4 Å². The first-order valence-electron chi connectivity index (χ1n) is 9.63. The SMILES string of the molecule is O=C(NCC1CCC(c2ccccc2)CC1)c1ncsc1-c1ccccc1. The molecule has 0 unspecified atom stereocenters. The number of nitrogens with one attached hydrogen (secondary N) is 1. The number of aromatic nitrogens is 1. The van der Waals surface area contributed by atoms with Crippen molar-refractivity contribution in [3.63, 3.8) is 0 Å². The Morgan fingerprint density at radius 2 is 1.63 bits per heavy atom. The maximum atomic E-state index is 12.7. The lowest BCUT2D eigenvalue weighted by Gasteiger charge is -2.28. The van der Waals surface area contributed by atoms with Gasteiger partial charge in [-0.2, -0.15) is 0 Å². The minimum atomic E-state index is -0.0553. The molecule has 1 fully saturated rings. The molecule has 2 aromatic carbocycles. The minimum Gasteiger partial charge on any atom is -0.350 e. The van der Waals surface area contributed by atoms with Gasteiger partial charge in [-0.3, -0.25) is 4.79 Å². The Balaban J connectivity index is 1.32. The smallest absolute Gasteiger partial charge is 0.271 e. The highest BCUT2D eigenvalue weighted by Crippen LogP contribution is 2.35. The largest absolute Gasteiger partial charge is 0.350 e. The van der Waals surface area contributed by atoms with E-state index in [2.05, 4.69) is 40.6 Å². The van der Waals surface area contributed by atoms with Crippen molar-refractivity contribution in [2.75, 3.05) is 6.54 Å². The quantitative estimate of drug-likeness (QED) is 0.637. The predicted octanol–water partition coefficient (Wildman–Crippen LogP) is 5.51. The van der Waals surface area contributed by atoms with Crippen molar-refractivity contribution in [1.82, 2.24) is 10.3 Å². The van der Waals surface area contributed by atoms with Crippen LogP contribution in [0, 0.1) is 5.92 Å². The fourth-order valence-electron chi connectivity index (χ4n) is 3.95. The van der Waals surface area contributed by atoms with Gasteiger partial charge in [-0.15, -0.1) is 11.3 Å². The Morgan fingerprint density at radius 3 is 2.33 bits per heavy atom. The van der Waals surface area contributed by atoms with Gasteiger partial charge in [0, 0.05) is 6.54 Å². The van der Waals surface area contributed by atoms with Gasteiger partial charge in [0.1, 0.15) is 5.69 Å². The molecule has 27 heavy (non-hydrogen) atoms. The van der Waals surface area contributed by atoms with E-state index in [9.17, 15) is 4.79 Å². The number of amides is 1. The third-order valence-corrected chi connectivity index (χ3v) is 6.36. The van der Waals surface area contributed by atoms with E-state index in [1.807, 2.05) is 30.3 Å². The third kappa shape index (κ3) is 4.28. The van der Waals surface area contributed by atoms with Gasteiger partial charge in [-0.1, -0.05) is 60.7 Å². The van der Waals surface area contributed by atoms with E-state index in [1.165, 1.54) is 42.6 Å². The lowest BCUT2D eigenvalue weighted by atomic mass is 9.79. The molecule has 1 saturated carbocycles. The van der Waals surface area contributed by atoms with Crippen LogP contribution in [-0.4, -0.2) is 17.4 Å². The van der Waals surface area contributed by atoms with E-state index in [0.29, 0.717) is 17.5 Å². The Hall–Kier alpha value is -2.46. The molecule has 4 rings (SSSR count). The first kappa shape index (κ1) is 17.9. The number of hydrogen-bond donors (Lipinski definition) is 1. The number of carbonyl (C=O) groups excluding carboxylic acids is 1. The number of hydrogen-bond acceptors (Lipinski definition) is 3. The number of benzene rings is 2. The monoisotopic (exact) mass is 376 g/mol. The first-order valence-corrected chi connectivity index (χ1v) is 10.5. The van der Waals surface area contributed by atoms with Gasteiger partial charge in [-0.05, 0) is 48.6 Å². The van der Waals surface area contributed by atoms with Crippen LogP contribution in [0.25, 0.3) is 10.4 Å². The van der Waals surface area contributed by atoms with Crippen molar-refractivity contribution in [2.45, 2.75) is 31.6 Å². The van der Waals surface area contributed by atoms with Gasteiger partial charge in [-0.25, -0.2) is 4.98 Å². The maximum absolute atomic E-state index is 12.7. The van der Waals surface area contributed by atoms with Crippen molar-refractivity contribution in [3.05, 3.63) is 77.4 Å². The van der Waals surface area contributed by atoms with Crippen LogP contribution >= 0.6 is 11.3 Å². The summed E-state index contributed by atoms with van der Waals surface area (Å²) in [6.45, 7) is 0.742. The van der Waals surface area contributed by atoms with Gasteiger partial charge in [0.2, 0.25) is 0 Å². The van der Waals surface area contributed by atoms with E-state index in [-0.39, 0.29) is 5.91 Å². The molecule has 4 heteroatoms. The van der Waals surface area contributed by atoms with Gasteiger partial charge in [0.25, 0.3) is 5.91 Å². The summed E-state index contributed by atoms with van der Waals surface area (Å²) in [5.74, 6) is 1.18. The molecule has 1 aliphatic carbocycles. The van der Waals surface area contributed by atoms with E-state index in [4.69, 9.17) is 0 Å². The zero-order valence-electron chi connectivity index (χ0n) is 15.3. The molecule has 1 amide bonds. The van der Waals surface area contributed by atoms with Crippen LogP contribution in [0.1, 0.15) is 47.7 Å². The Morgan fingerprint density at radius 1 is 0.963 bits per heavy atom. The molecule has 3 aromatic rings. The molecule has 0 radical (unpaired) electrons. The zero-order chi connectivity index (χ0) is 18.5. The third-order valence-electron chi connectivity index (χ3n) is 5.49. The number of carbonyl (C=O) groups is 1. The van der Waals surface area contributed by atoms with E-state index >= 15 is 0 Å². The van der Waals surface area contributed by atoms with E-state index < -0.39 is 0 Å². The van der Waals surface area contributed by atoms with Crippen LogP contribution in [-0.2, 0) is 0 Å². The normalized spacial score (nSPS) is 19.6. The summed E-state index contributed by atoms with van der Waals surface area (Å²) < 4.78 is 0. The van der Waals surface area contributed by atoms with E-state index in [0.717, 1.165) is 17.0 Å². The Labute approximate surface area is 164 Å². The zero-order valence-corrected chi connectivity index (χ0v) is 16.1. The molecule has 0 bridgehead atoms. The highest BCUT2D eigenvalue weighted by molar-refractivity contribution is 7.13. The van der Waals surface area contributed by atoms with Crippen LogP contribution in [0.3, 0.4) is 0 Å². The second kappa shape index (κ2) is 8.49. The molecule has 1 N–H and O–H groups in total. The molecule has 1 heterocycles. The first-order chi connectivity index (χ1) is 13.3. The summed E-state index contributed by atoms with van der Waals surface area (Å²) in [5.41, 5.74) is 4.80. The van der Waals surface area contributed by atoms with Crippen molar-refractivity contribution in [1.29, 1.82) is 0 Å². The molecule has 138 valence electrons. The fourth-order valence-corrected chi connectivity index (χ4v) is 4.74. The summed E-state index contributed by atoms with van der Waals surface area (Å²) in [5, 5.41) is 3.12. The average molecular weight is 377 g/mol. The Kier molecular flexibility index (Phi) is 5.64. The summed E-state index contributed by atoms with van der Waals surface area (Å²) in [6.07, 6.45) is 4.75. The van der Waals surface area contributed by atoms with E-state index in [1.54, 1.807) is 5.51 Å². The highest BCUT2D eigenvalue weighted by atomic mass is 32.1. The topological polar surface area (TPSA) is 42.0 Å². The molecule has 3 nitrogen and oxygen atoms in total. The fraction of sp³-hybridized carbons (Fsp3) is 0.304. The summed E-state index contributed by atoms with van der Waals surface area (Å²) >= 11 is 1.52.